The lowest BCUT2D eigenvalue weighted by molar-refractivity contribution is 0.102. The third-order valence-corrected chi connectivity index (χ3v) is 6.21. The molecule has 0 aliphatic carbocycles. The molecule has 0 spiro atoms. The molecule has 0 unspecified atom stereocenters. The first-order valence-corrected chi connectivity index (χ1v) is 11.1. The highest BCUT2D eigenvalue weighted by Crippen LogP contribution is 2.26. The molecule has 3 aromatic rings. The van der Waals surface area contributed by atoms with Crippen LogP contribution < -0.4 is 14.8 Å². The minimum absolute atomic E-state index is 0.0356. The van der Waals surface area contributed by atoms with Gasteiger partial charge in [0.15, 0.2) is 0 Å². The summed E-state index contributed by atoms with van der Waals surface area (Å²) in [6.45, 7) is 1.69. The topological polar surface area (TPSA) is 84.5 Å². The fourth-order valence-corrected chi connectivity index (χ4v) is 4.18. The van der Waals surface area contributed by atoms with Crippen LogP contribution in [0, 0.1) is 12.7 Å². The summed E-state index contributed by atoms with van der Waals surface area (Å²) >= 11 is 5.85. The zero-order valence-electron chi connectivity index (χ0n) is 16.8. The van der Waals surface area contributed by atoms with Gasteiger partial charge in [0, 0.05) is 22.8 Å². The molecule has 9 heteroatoms. The van der Waals surface area contributed by atoms with E-state index in [2.05, 4.69) is 10.0 Å². The predicted molar refractivity (Wildman–Crippen MR) is 118 cm³/mol. The predicted octanol–water partition coefficient (Wildman–Crippen LogP) is 4.53. The van der Waals surface area contributed by atoms with E-state index in [9.17, 15) is 17.6 Å². The standard InChI is InChI=1S/C22H20ClFN2O4S/c1-14-11-18(24)8-9-19(14)26-22(27)16-5-10-20(30-2)21(12-16)31(28,29)25-13-15-3-6-17(23)7-4-15/h3-12,25H,13H2,1-2H3,(H,26,27). The summed E-state index contributed by atoms with van der Waals surface area (Å²) in [5.74, 6) is -0.857. The highest BCUT2D eigenvalue weighted by atomic mass is 35.5. The Hall–Kier alpha value is -2.94. The first kappa shape index (κ1) is 22.7. The summed E-state index contributed by atoms with van der Waals surface area (Å²) in [7, 11) is -2.65. The first-order chi connectivity index (χ1) is 14.7. The van der Waals surface area contributed by atoms with Gasteiger partial charge in [-0.15, -0.1) is 0 Å². The Balaban J connectivity index is 1.85. The number of sulfonamides is 1. The number of amides is 1. The number of hydrogen-bond donors (Lipinski definition) is 2. The van der Waals surface area contributed by atoms with Crippen molar-refractivity contribution < 1.29 is 22.3 Å². The van der Waals surface area contributed by atoms with E-state index in [-0.39, 0.29) is 22.8 Å². The molecule has 0 bridgehead atoms. The van der Waals surface area contributed by atoms with Crippen molar-refractivity contribution in [3.05, 3.63) is 88.2 Å². The monoisotopic (exact) mass is 462 g/mol. The molecule has 3 aromatic carbocycles. The fraction of sp³-hybridized carbons (Fsp3) is 0.136. The zero-order valence-corrected chi connectivity index (χ0v) is 18.4. The molecule has 6 nitrogen and oxygen atoms in total. The van der Waals surface area contributed by atoms with Gasteiger partial charge in [-0.1, -0.05) is 23.7 Å². The maximum Gasteiger partial charge on any atom is 0.255 e. The molecule has 0 saturated carbocycles. The van der Waals surface area contributed by atoms with Crippen LogP contribution in [0.5, 0.6) is 5.75 Å². The fourth-order valence-electron chi connectivity index (χ4n) is 2.85. The van der Waals surface area contributed by atoms with Gasteiger partial charge in [0.25, 0.3) is 5.91 Å². The van der Waals surface area contributed by atoms with Crippen LogP contribution in [0.3, 0.4) is 0 Å². The van der Waals surface area contributed by atoms with E-state index >= 15 is 0 Å². The number of rotatable bonds is 7. The Kier molecular flexibility index (Phi) is 6.94. The van der Waals surface area contributed by atoms with Gasteiger partial charge in [0.1, 0.15) is 16.5 Å². The van der Waals surface area contributed by atoms with E-state index in [1.54, 1.807) is 31.2 Å². The van der Waals surface area contributed by atoms with E-state index in [4.69, 9.17) is 16.3 Å². The van der Waals surface area contributed by atoms with Crippen molar-refractivity contribution in [2.24, 2.45) is 0 Å². The molecule has 0 fully saturated rings. The second-order valence-corrected chi connectivity index (χ2v) is 8.90. The number of aryl methyl sites for hydroxylation is 1. The number of nitrogens with one attached hydrogen (secondary N) is 2. The van der Waals surface area contributed by atoms with Gasteiger partial charge in [-0.3, -0.25) is 4.79 Å². The van der Waals surface area contributed by atoms with Gasteiger partial charge in [-0.2, -0.15) is 0 Å². The van der Waals surface area contributed by atoms with Crippen molar-refractivity contribution in [3.63, 3.8) is 0 Å². The molecule has 31 heavy (non-hydrogen) atoms. The summed E-state index contributed by atoms with van der Waals surface area (Å²) in [6, 6.07) is 14.8. The number of methoxy groups -OCH3 is 1. The summed E-state index contributed by atoms with van der Waals surface area (Å²) in [6.07, 6.45) is 0. The Morgan fingerprint density at radius 2 is 1.77 bits per heavy atom. The quantitative estimate of drug-likeness (QED) is 0.540. The number of benzene rings is 3. The number of ether oxygens (including phenoxy) is 1. The smallest absolute Gasteiger partial charge is 0.255 e. The average Bonchev–Trinajstić information content (AvgIpc) is 2.75. The molecular formula is C22H20ClFN2O4S. The van der Waals surface area contributed by atoms with Crippen LogP contribution in [-0.4, -0.2) is 21.4 Å². The molecule has 0 saturated heterocycles. The summed E-state index contributed by atoms with van der Waals surface area (Å²) in [5.41, 5.74) is 1.79. The van der Waals surface area contributed by atoms with Crippen LogP contribution in [0.15, 0.2) is 65.6 Å². The SMILES string of the molecule is COc1ccc(C(=O)Nc2ccc(F)cc2C)cc1S(=O)(=O)NCc1ccc(Cl)cc1. The van der Waals surface area contributed by atoms with Gasteiger partial charge in [-0.05, 0) is 66.6 Å². The van der Waals surface area contributed by atoms with Crippen LogP contribution in [0.4, 0.5) is 10.1 Å². The number of halogens is 2. The number of carbonyl (C=O) groups excluding carboxylic acids is 1. The summed E-state index contributed by atoms with van der Waals surface area (Å²) < 4.78 is 46.7. The molecule has 3 rings (SSSR count). The Bertz CT molecular complexity index is 1210. The van der Waals surface area contributed by atoms with Crippen LogP contribution in [0.2, 0.25) is 5.02 Å². The molecule has 2 N–H and O–H groups in total. The highest BCUT2D eigenvalue weighted by Gasteiger charge is 2.22. The molecule has 0 heterocycles. The minimum atomic E-state index is -3.99. The Morgan fingerprint density at radius 3 is 2.42 bits per heavy atom. The molecule has 0 aromatic heterocycles. The maximum absolute atomic E-state index is 13.3. The molecule has 0 aliphatic heterocycles. The Labute approximate surface area is 185 Å². The second kappa shape index (κ2) is 9.47. The van der Waals surface area contributed by atoms with Gasteiger partial charge >= 0.3 is 0 Å². The van der Waals surface area contributed by atoms with E-state index in [1.165, 1.54) is 43.5 Å². The van der Waals surface area contributed by atoms with Gasteiger partial charge in [0.05, 0.1) is 7.11 Å². The second-order valence-electron chi connectivity index (χ2n) is 6.73. The maximum atomic E-state index is 13.3. The van der Waals surface area contributed by atoms with Gasteiger partial charge in [0.2, 0.25) is 10.0 Å². The number of carbonyl (C=O) groups is 1. The summed E-state index contributed by atoms with van der Waals surface area (Å²) in [4.78, 5) is 12.5. The third-order valence-electron chi connectivity index (χ3n) is 4.53. The highest BCUT2D eigenvalue weighted by molar-refractivity contribution is 7.89. The van der Waals surface area contributed by atoms with Crippen molar-refractivity contribution >= 4 is 33.2 Å². The first-order valence-electron chi connectivity index (χ1n) is 9.19. The van der Waals surface area contributed by atoms with Crippen LogP contribution in [0.1, 0.15) is 21.5 Å². The lowest BCUT2D eigenvalue weighted by atomic mass is 10.1. The van der Waals surface area contributed by atoms with Crippen molar-refractivity contribution in [1.82, 2.24) is 4.72 Å². The lowest BCUT2D eigenvalue weighted by Gasteiger charge is -2.13. The van der Waals surface area contributed by atoms with Gasteiger partial charge in [-0.25, -0.2) is 17.5 Å². The molecule has 0 radical (unpaired) electrons. The van der Waals surface area contributed by atoms with Gasteiger partial charge < -0.3 is 10.1 Å². The number of anilines is 1. The van der Waals surface area contributed by atoms with Crippen molar-refractivity contribution in [2.75, 3.05) is 12.4 Å². The zero-order chi connectivity index (χ0) is 22.6. The van der Waals surface area contributed by atoms with Crippen molar-refractivity contribution in [2.45, 2.75) is 18.4 Å². The van der Waals surface area contributed by atoms with Crippen LogP contribution in [-0.2, 0) is 16.6 Å². The van der Waals surface area contributed by atoms with E-state index in [0.29, 0.717) is 21.8 Å². The van der Waals surface area contributed by atoms with E-state index in [0.717, 1.165) is 0 Å². The average molecular weight is 463 g/mol. The van der Waals surface area contributed by atoms with Crippen LogP contribution in [0.25, 0.3) is 0 Å². The van der Waals surface area contributed by atoms with E-state index in [1.807, 2.05) is 0 Å². The molecular weight excluding hydrogens is 443 g/mol. The molecule has 0 atom stereocenters. The summed E-state index contributed by atoms with van der Waals surface area (Å²) in [5, 5.41) is 3.20. The van der Waals surface area contributed by atoms with Crippen LogP contribution >= 0.6 is 11.6 Å². The Morgan fingerprint density at radius 1 is 1.06 bits per heavy atom. The third kappa shape index (κ3) is 5.61. The molecule has 1 amide bonds. The molecule has 162 valence electrons. The largest absolute Gasteiger partial charge is 0.495 e. The normalized spacial score (nSPS) is 11.2. The number of hydrogen-bond acceptors (Lipinski definition) is 4. The lowest BCUT2D eigenvalue weighted by Crippen LogP contribution is -2.24. The van der Waals surface area contributed by atoms with E-state index < -0.39 is 21.7 Å². The minimum Gasteiger partial charge on any atom is -0.495 e. The van der Waals surface area contributed by atoms with Crippen molar-refractivity contribution in [1.29, 1.82) is 0 Å². The van der Waals surface area contributed by atoms with Crippen molar-refractivity contribution in [3.8, 4) is 5.75 Å². The molecule has 0 aliphatic rings.